The molecule has 0 atom stereocenters. The van der Waals surface area contributed by atoms with Gasteiger partial charge in [0, 0.05) is 0 Å². The Kier molecular flexibility index (Phi) is 203. The van der Waals surface area contributed by atoms with Crippen LogP contribution in [0.15, 0.2) is 12.7 Å². The summed E-state index contributed by atoms with van der Waals surface area (Å²) >= 11 is 0. The zero-order chi connectivity index (χ0) is 14.2. The van der Waals surface area contributed by atoms with Crippen LogP contribution in [0.1, 0.15) is 6.42 Å². The van der Waals surface area contributed by atoms with Crippen molar-refractivity contribution in [1.29, 1.82) is 0 Å². The van der Waals surface area contributed by atoms with E-state index in [1.54, 1.807) is 62.5 Å². The molecular formula is C12H31N4Ta. The molecule has 0 heterocycles. The van der Waals surface area contributed by atoms with E-state index in [-0.39, 0.29) is 22.4 Å². The van der Waals surface area contributed by atoms with Crippen LogP contribution in [0.25, 0.3) is 21.3 Å². The molecular weight excluding hydrogens is 381 g/mol. The van der Waals surface area contributed by atoms with E-state index in [0.717, 1.165) is 6.42 Å². The first-order valence-corrected chi connectivity index (χ1v) is 4.89. The van der Waals surface area contributed by atoms with Gasteiger partial charge in [0.25, 0.3) is 0 Å². The molecule has 0 aliphatic rings. The van der Waals surface area contributed by atoms with Crippen LogP contribution in [0, 0.1) is 6.92 Å². The SMILES string of the molecule is C=CC[CH2-].C[N-]C.C[N-]C.C[N-]C.C[N-]C.[Ta+5]. The van der Waals surface area contributed by atoms with E-state index in [9.17, 15) is 0 Å². The van der Waals surface area contributed by atoms with Gasteiger partial charge in [-0.05, 0) is 0 Å². The van der Waals surface area contributed by atoms with Crippen LogP contribution in [-0.2, 0) is 22.4 Å². The molecule has 0 bridgehead atoms. The van der Waals surface area contributed by atoms with Gasteiger partial charge in [-0.25, -0.2) is 0 Å². The van der Waals surface area contributed by atoms with Crippen molar-refractivity contribution in [1.82, 2.24) is 0 Å². The average Bonchev–Trinajstić information content (AvgIpc) is 2.22. The van der Waals surface area contributed by atoms with E-state index in [0.29, 0.717) is 0 Å². The second-order valence-electron chi connectivity index (χ2n) is 2.37. The smallest absolute Gasteiger partial charge is 0.668 e. The van der Waals surface area contributed by atoms with E-state index < -0.39 is 0 Å². The molecule has 0 saturated carbocycles. The Morgan fingerprint density at radius 3 is 0.824 bits per heavy atom. The van der Waals surface area contributed by atoms with Crippen LogP contribution in [-0.4, -0.2) is 56.4 Å². The molecule has 0 aliphatic heterocycles. The molecule has 104 valence electrons. The van der Waals surface area contributed by atoms with E-state index >= 15 is 0 Å². The summed E-state index contributed by atoms with van der Waals surface area (Å²) in [5.74, 6) is 0. The van der Waals surface area contributed by atoms with Crippen molar-refractivity contribution in [3.8, 4) is 0 Å². The van der Waals surface area contributed by atoms with Gasteiger partial charge in [-0.15, -0.1) is 12.7 Å². The van der Waals surface area contributed by atoms with Crippen LogP contribution in [0.2, 0.25) is 0 Å². The van der Waals surface area contributed by atoms with Crippen molar-refractivity contribution in [3.63, 3.8) is 0 Å². The summed E-state index contributed by atoms with van der Waals surface area (Å²) in [5, 5.41) is 14.0. The Morgan fingerprint density at radius 1 is 0.765 bits per heavy atom. The van der Waals surface area contributed by atoms with Crippen LogP contribution in [0.4, 0.5) is 0 Å². The molecule has 0 radical (unpaired) electrons. The molecule has 0 aromatic carbocycles. The molecule has 0 aliphatic carbocycles. The van der Waals surface area contributed by atoms with E-state index in [1.807, 2.05) is 0 Å². The molecule has 0 unspecified atom stereocenters. The summed E-state index contributed by atoms with van der Waals surface area (Å²) in [7, 11) is 14.0. The van der Waals surface area contributed by atoms with Crippen LogP contribution >= 0.6 is 0 Å². The van der Waals surface area contributed by atoms with Gasteiger partial charge in [0.05, 0.1) is 0 Å². The number of hydrogen-bond donors (Lipinski definition) is 0. The number of nitrogens with zero attached hydrogens (tertiary/aromatic N) is 4. The molecule has 0 spiro atoms. The molecule has 5 heteroatoms. The predicted octanol–water partition coefficient (Wildman–Crippen LogP) is 3.87. The van der Waals surface area contributed by atoms with E-state index in [1.165, 1.54) is 0 Å². The second kappa shape index (κ2) is 95.9. The third-order valence-electron chi connectivity index (χ3n) is 0.204. The summed E-state index contributed by atoms with van der Waals surface area (Å²) in [6.07, 6.45) is 2.60. The van der Waals surface area contributed by atoms with Crippen LogP contribution in [0.3, 0.4) is 0 Å². The molecule has 0 amide bonds. The monoisotopic (exact) mass is 412 g/mol. The van der Waals surface area contributed by atoms with Crippen molar-refractivity contribution in [3.05, 3.63) is 40.8 Å². The summed E-state index contributed by atoms with van der Waals surface area (Å²) in [6.45, 7) is 6.90. The van der Waals surface area contributed by atoms with Gasteiger partial charge in [-0.2, -0.15) is 62.8 Å². The maximum atomic E-state index is 3.50. The summed E-state index contributed by atoms with van der Waals surface area (Å²) in [6, 6.07) is 0. The number of allylic oxidation sites excluding steroid dienone is 1. The largest absolute Gasteiger partial charge is 5.00 e. The Labute approximate surface area is 126 Å². The third kappa shape index (κ3) is 1920. The topological polar surface area (TPSA) is 56.4 Å². The zero-order valence-corrected chi connectivity index (χ0v) is 16.1. The first kappa shape index (κ1) is 36.0. The van der Waals surface area contributed by atoms with Crippen LogP contribution < -0.4 is 0 Å². The maximum absolute atomic E-state index is 3.50. The van der Waals surface area contributed by atoms with Gasteiger partial charge >= 0.3 is 22.4 Å². The average molecular weight is 412 g/mol. The van der Waals surface area contributed by atoms with Crippen molar-refractivity contribution in [2.45, 2.75) is 6.42 Å². The normalized spacial score (nSPS) is 5.71. The summed E-state index contributed by atoms with van der Waals surface area (Å²) in [4.78, 5) is 0. The molecule has 0 aromatic heterocycles. The van der Waals surface area contributed by atoms with E-state index in [4.69, 9.17) is 0 Å². The molecule has 0 fully saturated rings. The van der Waals surface area contributed by atoms with Crippen molar-refractivity contribution in [2.75, 3.05) is 56.4 Å². The Morgan fingerprint density at radius 2 is 0.824 bits per heavy atom. The van der Waals surface area contributed by atoms with Gasteiger partial charge in [-0.1, -0.05) is 0 Å². The van der Waals surface area contributed by atoms with Gasteiger partial charge in [0.15, 0.2) is 0 Å². The quantitative estimate of drug-likeness (QED) is 0.464. The van der Waals surface area contributed by atoms with Gasteiger partial charge in [0.1, 0.15) is 0 Å². The van der Waals surface area contributed by atoms with Crippen molar-refractivity contribution in [2.24, 2.45) is 0 Å². The number of rotatable bonds is 1. The molecule has 0 rings (SSSR count). The van der Waals surface area contributed by atoms with Gasteiger partial charge in [-0.3, -0.25) is 0 Å². The fourth-order valence-corrected chi connectivity index (χ4v) is 0. The van der Waals surface area contributed by atoms with Crippen molar-refractivity contribution >= 4 is 0 Å². The first-order chi connectivity index (χ1) is 7.57. The standard InChI is InChI=1S/C4H7.4C2H6N.Ta/c1-3-4-2;4*1-3-2;/h3H,1-2,4H2;4*1-2H3;/q5*-1;+5. The minimum Gasteiger partial charge on any atom is -0.668 e. The summed E-state index contributed by atoms with van der Waals surface area (Å²) in [5.41, 5.74) is 0. The Hall–Kier alpha value is 0.320. The maximum Gasteiger partial charge on any atom is 5.00 e. The van der Waals surface area contributed by atoms with Crippen LogP contribution in [0.5, 0.6) is 0 Å². The Balaban J connectivity index is -0.0000000221. The van der Waals surface area contributed by atoms with Gasteiger partial charge < -0.3 is 28.2 Å². The zero-order valence-electron chi connectivity index (χ0n) is 12.9. The molecule has 17 heavy (non-hydrogen) atoms. The fourth-order valence-electron chi connectivity index (χ4n) is 0. The van der Waals surface area contributed by atoms with Crippen molar-refractivity contribution < 1.29 is 22.4 Å². The summed E-state index contributed by atoms with van der Waals surface area (Å²) < 4.78 is 0. The minimum absolute atomic E-state index is 0. The first-order valence-electron chi connectivity index (χ1n) is 4.89. The van der Waals surface area contributed by atoms with Gasteiger partial charge in [0.2, 0.25) is 0 Å². The molecule has 0 N–H and O–H groups in total. The fraction of sp³-hybridized carbons (Fsp3) is 0.750. The molecule has 0 aromatic rings. The molecule has 4 nitrogen and oxygen atoms in total. The molecule has 0 saturated heterocycles. The third-order valence-corrected chi connectivity index (χ3v) is 0.204. The second-order valence-corrected chi connectivity index (χ2v) is 2.37. The Bertz CT molecular complexity index is 56.5. The predicted molar refractivity (Wildman–Crippen MR) is 81.0 cm³/mol. The minimum atomic E-state index is 0. The van der Waals surface area contributed by atoms with E-state index in [2.05, 4.69) is 34.8 Å². The number of hydrogen-bond acceptors (Lipinski definition) is 0.